The summed E-state index contributed by atoms with van der Waals surface area (Å²) >= 11 is 0. The zero-order chi connectivity index (χ0) is 13.5. The fraction of sp³-hybridized carbons (Fsp3) is 0.462. The van der Waals surface area contributed by atoms with E-state index in [0.29, 0.717) is 6.42 Å². The molecule has 4 N–H and O–H groups in total. The Morgan fingerprint density at radius 2 is 2.17 bits per heavy atom. The average molecular weight is 251 g/mol. The van der Waals surface area contributed by atoms with Gasteiger partial charge >= 0.3 is 0 Å². The van der Waals surface area contributed by atoms with Crippen molar-refractivity contribution in [1.29, 1.82) is 0 Å². The Kier molecular flexibility index (Phi) is 5.45. The van der Waals surface area contributed by atoms with Gasteiger partial charge in [0.05, 0.1) is 0 Å². The molecule has 0 aliphatic carbocycles. The second-order valence-electron chi connectivity index (χ2n) is 4.16. The maximum atomic E-state index is 8.91. The Bertz CT molecular complexity index is 419. The van der Waals surface area contributed by atoms with Crippen molar-refractivity contribution in [1.82, 2.24) is 0 Å². The van der Waals surface area contributed by atoms with Gasteiger partial charge in [-0.3, -0.25) is 0 Å². The zero-order valence-electron chi connectivity index (χ0n) is 10.9. The highest BCUT2D eigenvalue weighted by atomic mass is 16.4. The van der Waals surface area contributed by atoms with Crippen LogP contribution in [0.4, 0.5) is 5.69 Å². The van der Waals surface area contributed by atoms with Crippen molar-refractivity contribution in [3.05, 3.63) is 29.3 Å². The first-order chi connectivity index (χ1) is 8.63. The number of aryl methyl sites for hydroxylation is 1. The van der Waals surface area contributed by atoms with Gasteiger partial charge in [-0.1, -0.05) is 16.8 Å². The highest BCUT2D eigenvalue weighted by Gasteiger charge is 2.12. The molecule has 0 unspecified atom stereocenters. The Hall–Kier alpha value is -1.75. The van der Waals surface area contributed by atoms with Gasteiger partial charge in [-0.2, -0.15) is 0 Å². The first-order valence-corrected chi connectivity index (χ1v) is 6.08. The number of aliphatic hydroxyl groups is 1. The Labute approximate surface area is 108 Å². The van der Waals surface area contributed by atoms with Gasteiger partial charge in [-0.05, 0) is 32.4 Å². The van der Waals surface area contributed by atoms with Gasteiger partial charge < -0.3 is 20.9 Å². The number of hydrogen-bond donors (Lipinski definition) is 3. The molecule has 0 saturated carbocycles. The van der Waals surface area contributed by atoms with Crippen LogP contribution in [0.5, 0.6) is 0 Å². The molecule has 0 aliphatic heterocycles. The summed E-state index contributed by atoms with van der Waals surface area (Å²) in [6.07, 6.45) is 0.692. The second-order valence-corrected chi connectivity index (χ2v) is 4.16. The minimum atomic E-state index is 0.108. The molecule has 0 amide bonds. The normalized spacial score (nSPS) is 11.6. The number of nitrogens with zero attached hydrogens (tertiary/aromatic N) is 2. The summed E-state index contributed by atoms with van der Waals surface area (Å²) in [7, 11) is 0. The van der Waals surface area contributed by atoms with Crippen molar-refractivity contribution >= 4 is 11.5 Å². The van der Waals surface area contributed by atoms with E-state index in [4.69, 9.17) is 16.0 Å². The number of anilines is 1. The fourth-order valence-corrected chi connectivity index (χ4v) is 1.90. The lowest BCUT2D eigenvalue weighted by molar-refractivity contribution is 0.289. The third-order valence-electron chi connectivity index (χ3n) is 2.84. The standard InChI is InChI=1S/C13H21N3O2/c1-3-16(7-4-8-17)12-6-5-10(2)9-11(12)13(14)15-18/h5-6,9,17-18H,3-4,7-8H2,1-2H3,(H2,14,15). The number of nitrogens with two attached hydrogens (primary N) is 1. The third kappa shape index (κ3) is 3.37. The molecule has 5 nitrogen and oxygen atoms in total. The molecule has 0 heterocycles. The highest BCUT2D eigenvalue weighted by molar-refractivity contribution is 6.02. The topological polar surface area (TPSA) is 82.1 Å². The minimum absolute atomic E-state index is 0.108. The minimum Gasteiger partial charge on any atom is -0.409 e. The largest absolute Gasteiger partial charge is 0.409 e. The molecule has 0 saturated heterocycles. The summed E-state index contributed by atoms with van der Waals surface area (Å²) in [6, 6.07) is 5.85. The van der Waals surface area contributed by atoms with Crippen molar-refractivity contribution in [2.24, 2.45) is 10.9 Å². The van der Waals surface area contributed by atoms with Crippen LogP contribution in [-0.4, -0.2) is 35.8 Å². The molecule has 1 aromatic carbocycles. The predicted molar refractivity (Wildman–Crippen MR) is 73.3 cm³/mol. The van der Waals surface area contributed by atoms with Crippen LogP contribution in [0, 0.1) is 6.92 Å². The van der Waals surface area contributed by atoms with E-state index in [1.165, 1.54) is 0 Å². The molecule has 18 heavy (non-hydrogen) atoms. The molecule has 0 bridgehead atoms. The maximum Gasteiger partial charge on any atom is 0.172 e. The summed E-state index contributed by atoms with van der Waals surface area (Å²) in [5, 5.41) is 20.8. The van der Waals surface area contributed by atoms with Crippen LogP contribution in [0.1, 0.15) is 24.5 Å². The molecule has 100 valence electrons. The van der Waals surface area contributed by atoms with E-state index in [0.717, 1.165) is 29.9 Å². The molecule has 0 atom stereocenters. The van der Waals surface area contributed by atoms with Crippen LogP contribution in [0.3, 0.4) is 0 Å². The molecule has 0 fully saturated rings. The van der Waals surface area contributed by atoms with Crippen LogP contribution < -0.4 is 10.6 Å². The van der Waals surface area contributed by atoms with Gasteiger partial charge in [-0.15, -0.1) is 0 Å². The molecule has 5 heteroatoms. The molecule has 0 aliphatic rings. The van der Waals surface area contributed by atoms with Crippen molar-refractivity contribution in [2.45, 2.75) is 20.3 Å². The van der Waals surface area contributed by atoms with Gasteiger partial charge in [0.25, 0.3) is 0 Å². The van der Waals surface area contributed by atoms with Gasteiger partial charge in [0.1, 0.15) is 0 Å². The van der Waals surface area contributed by atoms with Crippen molar-refractivity contribution < 1.29 is 10.3 Å². The SMILES string of the molecule is CCN(CCCO)c1ccc(C)cc1/C(N)=N/O. The van der Waals surface area contributed by atoms with E-state index in [-0.39, 0.29) is 12.4 Å². The summed E-state index contributed by atoms with van der Waals surface area (Å²) < 4.78 is 0. The molecule has 0 aromatic heterocycles. The van der Waals surface area contributed by atoms with Gasteiger partial charge in [0.2, 0.25) is 0 Å². The monoisotopic (exact) mass is 251 g/mol. The smallest absolute Gasteiger partial charge is 0.172 e. The van der Waals surface area contributed by atoms with E-state index >= 15 is 0 Å². The number of aliphatic hydroxyl groups excluding tert-OH is 1. The Morgan fingerprint density at radius 3 is 2.72 bits per heavy atom. The van der Waals surface area contributed by atoms with Crippen molar-refractivity contribution in [3.63, 3.8) is 0 Å². The number of hydrogen-bond acceptors (Lipinski definition) is 4. The van der Waals surface area contributed by atoms with Crippen LogP contribution in [0.25, 0.3) is 0 Å². The van der Waals surface area contributed by atoms with E-state index in [1.807, 2.05) is 32.0 Å². The Morgan fingerprint density at radius 1 is 1.44 bits per heavy atom. The van der Waals surface area contributed by atoms with E-state index in [1.54, 1.807) is 0 Å². The van der Waals surface area contributed by atoms with E-state index < -0.39 is 0 Å². The van der Waals surface area contributed by atoms with Gasteiger partial charge in [-0.25, -0.2) is 0 Å². The molecular formula is C13H21N3O2. The lowest BCUT2D eigenvalue weighted by atomic mass is 10.1. The maximum absolute atomic E-state index is 8.91. The third-order valence-corrected chi connectivity index (χ3v) is 2.84. The summed E-state index contributed by atoms with van der Waals surface area (Å²) in [6.45, 7) is 5.69. The predicted octanol–water partition coefficient (Wildman–Crippen LogP) is 1.30. The molecule has 0 radical (unpaired) electrons. The zero-order valence-corrected chi connectivity index (χ0v) is 10.9. The lowest BCUT2D eigenvalue weighted by Crippen LogP contribution is -2.28. The summed E-state index contributed by atoms with van der Waals surface area (Å²) in [5.74, 6) is 0.108. The molecule has 1 aromatic rings. The molecule has 0 spiro atoms. The average Bonchev–Trinajstić information content (AvgIpc) is 2.39. The van der Waals surface area contributed by atoms with Gasteiger partial charge in [0.15, 0.2) is 5.84 Å². The first-order valence-electron chi connectivity index (χ1n) is 6.08. The Balaban J connectivity index is 3.12. The van der Waals surface area contributed by atoms with E-state index in [2.05, 4.69) is 10.1 Å². The van der Waals surface area contributed by atoms with Crippen molar-refractivity contribution in [3.8, 4) is 0 Å². The van der Waals surface area contributed by atoms with Crippen LogP contribution >= 0.6 is 0 Å². The summed E-state index contributed by atoms with van der Waals surface area (Å²) in [4.78, 5) is 2.10. The fourth-order valence-electron chi connectivity index (χ4n) is 1.90. The van der Waals surface area contributed by atoms with E-state index in [9.17, 15) is 0 Å². The number of rotatable bonds is 6. The molecule has 1 rings (SSSR count). The second kappa shape index (κ2) is 6.86. The molecular weight excluding hydrogens is 230 g/mol. The number of amidine groups is 1. The summed E-state index contributed by atoms with van der Waals surface area (Å²) in [5.41, 5.74) is 8.41. The van der Waals surface area contributed by atoms with Gasteiger partial charge in [0, 0.05) is 30.9 Å². The number of benzene rings is 1. The van der Waals surface area contributed by atoms with Crippen LogP contribution in [-0.2, 0) is 0 Å². The number of oxime groups is 1. The first kappa shape index (κ1) is 14.3. The van der Waals surface area contributed by atoms with Crippen molar-refractivity contribution in [2.75, 3.05) is 24.6 Å². The van der Waals surface area contributed by atoms with Crippen LogP contribution in [0.2, 0.25) is 0 Å². The quantitative estimate of drug-likeness (QED) is 0.308. The highest BCUT2D eigenvalue weighted by Crippen LogP contribution is 2.22. The lowest BCUT2D eigenvalue weighted by Gasteiger charge is -2.25. The van der Waals surface area contributed by atoms with Crippen LogP contribution in [0.15, 0.2) is 23.4 Å².